The molecule has 1 aromatic carbocycles. The molecule has 1 aliphatic rings. The number of hydrogen-bond acceptors (Lipinski definition) is 2. The van der Waals surface area contributed by atoms with E-state index in [0.29, 0.717) is 18.6 Å². The number of ether oxygens (including phenoxy) is 1. The lowest BCUT2D eigenvalue weighted by molar-refractivity contribution is 0.259. The Morgan fingerprint density at radius 2 is 1.80 bits per heavy atom. The molecule has 0 amide bonds. The smallest absolute Gasteiger partial charge is 0.145 e. The molecule has 2 rings (SSSR count). The van der Waals surface area contributed by atoms with E-state index in [0.717, 1.165) is 16.7 Å². The minimum Gasteiger partial charge on any atom is -0.497 e. The summed E-state index contributed by atoms with van der Waals surface area (Å²) in [4.78, 5) is 0. The highest BCUT2D eigenvalue weighted by Crippen LogP contribution is 2.46. The molecule has 20 heavy (non-hydrogen) atoms. The summed E-state index contributed by atoms with van der Waals surface area (Å²) in [5.74, 6) is 0.916. The van der Waals surface area contributed by atoms with Crippen LogP contribution < -0.4 is 15.0 Å². The molecule has 0 bridgehead atoms. The number of methoxy groups -OCH3 is 1. The van der Waals surface area contributed by atoms with Crippen molar-refractivity contribution in [2.45, 2.75) is 46.2 Å². The van der Waals surface area contributed by atoms with Crippen molar-refractivity contribution in [3.05, 3.63) is 30.0 Å². The fourth-order valence-electron chi connectivity index (χ4n) is 3.44. The minimum atomic E-state index is 0.498. The van der Waals surface area contributed by atoms with Crippen molar-refractivity contribution >= 4 is 11.3 Å². The maximum atomic E-state index is 5.80. The lowest BCUT2D eigenvalue weighted by Crippen LogP contribution is -2.53. The largest absolute Gasteiger partial charge is 0.497 e. The summed E-state index contributed by atoms with van der Waals surface area (Å²) >= 11 is 0. The third-order valence-electron chi connectivity index (χ3n) is 4.46. The molecule has 0 aliphatic carbocycles. The zero-order valence-electron chi connectivity index (χ0n) is 13.3. The molecule has 3 heteroatoms. The lowest BCUT2D eigenvalue weighted by Gasteiger charge is -2.40. The monoisotopic (exact) mass is 275 g/mol. The Hall–Kier alpha value is -1.32. The van der Waals surface area contributed by atoms with Gasteiger partial charge in [0.15, 0.2) is 0 Å². The Morgan fingerprint density at radius 3 is 2.30 bits per heavy atom. The molecule has 1 aromatic rings. The van der Waals surface area contributed by atoms with E-state index in [1.54, 1.807) is 7.11 Å². The molecular formula is C17H27N2O+. The molecule has 1 heterocycles. The lowest BCUT2D eigenvalue weighted by atomic mass is 10.0. The van der Waals surface area contributed by atoms with Gasteiger partial charge in [0.25, 0.3) is 0 Å². The maximum absolute atomic E-state index is 5.80. The molecular weight excluding hydrogens is 248 g/mol. The predicted molar refractivity (Wildman–Crippen MR) is 86.7 cm³/mol. The Bertz CT molecular complexity index is 510. The molecule has 110 valence electrons. The van der Waals surface area contributed by atoms with E-state index in [2.05, 4.69) is 52.1 Å². The summed E-state index contributed by atoms with van der Waals surface area (Å²) in [5, 5.41) is 0. The second kappa shape index (κ2) is 5.58. The first-order valence-electron chi connectivity index (χ1n) is 7.46. The zero-order valence-corrected chi connectivity index (χ0v) is 13.3. The maximum Gasteiger partial charge on any atom is 0.145 e. The van der Waals surface area contributed by atoms with Crippen LogP contribution in [0, 0.1) is 0 Å². The van der Waals surface area contributed by atoms with Gasteiger partial charge in [0.05, 0.1) is 19.2 Å². The number of hydrogen-bond donors (Lipinski definition) is 1. The normalized spacial score (nSPS) is 16.5. The highest BCUT2D eigenvalue weighted by Gasteiger charge is 2.43. The van der Waals surface area contributed by atoms with Gasteiger partial charge in [0.1, 0.15) is 17.6 Å². The first kappa shape index (κ1) is 15.1. The van der Waals surface area contributed by atoms with Crippen LogP contribution in [0.2, 0.25) is 0 Å². The van der Waals surface area contributed by atoms with E-state index in [4.69, 9.17) is 10.5 Å². The molecule has 0 spiro atoms. The van der Waals surface area contributed by atoms with Crippen LogP contribution in [0.4, 0.5) is 5.69 Å². The van der Waals surface area contributed by atoms with Crippen LogP contribution in [0.15, 0.2) is 24.4 Å². The zero-order chi connectivity index (χ0) is 14.9. The Morgan fingerprint density at radius 1 is 1.15 bits per heavy atom. The van der Waals surface area contributed by atoms with Gasteiger partial charge >= 0.3 is 0 Å². The van der Waals surface area contributed by atoms with E-state index in [1.807, 2.05) is 0 Å². The quantitative estimate of drug-likeness (QED) is 0.834. The summed E-state index contributed by atoms with van der Waals surface area (Å²) in [6.07, 6.45) is 3.33. The Balaban J connectivity index is 2.64. The van der Waals surface area contributed by atoms with Gasteiger partial charge in [0.2, 0.25) is 0 Å². The molecule has 2 N–H and O–H groups in total. The minimum absolute atomic E-state index is 0.498. The fraction of sp³-hybridized carbons (Fsp3) is 0.529. The SMILES string of the molecule is COc1ccc2c(c1)C(CCN)=C[N+]2(C(C)C)C(C)C. The van der Waals surface area contributed by atoms with Crippen molar-refractivity contribution in [3.63, 3.8) is 0 Å². The number of nitrogens with zero attached hydrogens (tertiary/aromatic N) is 1. The average Bonchev–Trinajstić information content (AvgIpc) is 2.74. The van der Waals surface area contributed by atoms with E-state index in [1.165, 1.54) is 16.8 Å². The number of quaternary nitrogens is 1. The summed E-state index contributed by atoms with van der Waals surface area (Å²) in [5.41, 5.74) is 9.83. The molecule has 0 fully saturated rings. The predicted octanol–water partition coefficient (Wildman–Crippen LogP) is 3.52. The summed E-state index contributed by atoms with van der Waals surface area (Å²) in [6.45, 7) is 9.83. The molecule has 0 unspecified atom stereocenters. The highest BCUT2D eigenvalue weighted by atomic mass is 16.5. The van der Waals surface area contributed by atoms with Crippen molar-refractivity contribution in [2.75, 3.05) is 13.7 Å². The van der Waals surface area contributed by atoms with Crippen molar-refractivity contribution in [1.82, 2.24) is 4.48 Å². The van der Waals surface area contributed by atoms with Gasteiger partial charge in [-0.05, 0) is 52.8 Å². The standard InChI is InChI=1S/C17H27N2O/c1-12(2)19(13(3)4)11-14(8-9-18)16-10-15(20-5)6-7-17(16)19/h6-7,10-13H,8-9,18H2,1-5H3/q+1. The van der Waals surface area contributed by atoms with Crippen LogP contribution >= 0.6 is 0 Å². The topological polar surface area (TPSA) is 35.2 Å². The molecule has 0 saturated heterocycles. The first-order valence-corrected chi connectivity index (χ1v) is 7.46. The number of benzene rings is 1. The second-order valence-electron chi connectivity index (χ2n) is 6.10. The Labute approximate surface area is 122 Å². The van der Waals surface area contributed by atoms with Crippen molar-refractivity contribution in [3.8, 4) is 5.75 Å². The summed E-state index contributed by atoms with van der Waals surface area (Å²) < 4.78 is 6.29. The summed E-state index contributed by atoms with van der Waals surface area (Å²) in [6, 6.07) is 7.43. The van der Waals surface area contributed by atoms with Crippen molar-refractivity contribution < 1.29 is 4.74 Å². The molecule has 0 radical (unpaired) electrons. The number of fused-ring (bicyclic) bond motifs is 1. The molecule has 0 saturated carbocycles. The molecule has 1 aliphatic heterocycles. The fourth-order valence-corrected chi connectivity index (χ4v) is 3.44. The highest BCUT2D eigenvalue weighted by molar-refractivity contribution is 5.84. The van der Waals surface area contributed by atoms with Crippen molar-refractivity contribution in [2.24, 2.45) is 5.73 Å². The average molecular weight is 275 g/mol. The van der Waals surface area contributed by atoms with Crippen LogP contribution in [-0.4, -0.2) is 25.7 Å². The first-order chi connectivity index (χ1) is 9.47. The van der Waals surface area contributed by atoms with Gasteiger partial charge < -0.3 is 10.5 Å². The van der Waals surface area contributed by atoms with Gasteiger partial charge in [-0.15, -0.1) is 0 Å². The molecule has 3 nitrogen and oxygen atoms in total. The van der Waals surface area contributed by atoms with Crippen LogP contribution in [0.5, 0.6) is 5.75 Å². The molecule has 0 aromatic heterocycles. The third-order valence-corrected chi connectivity index (χ3v) is 4.46. The van der Waals surface area contributed by atoms with Crippen LogP contribution in [0.3, 0.4) is 0 Å². The van der Waals surface area contributed by atoms with Crippen molar-refractivity contribution in [1.29, 1.82) is 0 Å². The van der Waals surface area contributed by atoms with Gasteiger partial charge in [-0.1, -0.05) is 0 Å². The van der Waals surface area contributed by atoms with Gasteiger partial charge in [-0.2, -0.15) is 0 Å². The number of rotatable bonds is 5. The van der Waals surface area contributed by atoms with Crippen LogP contribution in [-0.2, 0) is 0 Å². The second-order valence-corrected chi connectivity index (χ2v) is 6.10. The third kappa shape index (κ3) is 2.15. The van der Waals surface area contributed by atoms with E-state index in [-0.39, 0.29) is 0 Å². The van der Waals surface area contributed by atoms with E-state index in [9.17, 15) is 0 Å². The number of nitrogens with two attached hydrogens (primary N) is 1. The van der Waals surface area contributed by atoms with Gasteiger partial charge in [-0.3, -0.25) is 4.48 Å². The van der Waals surface area contributed by atoms with Gasteiger partial charge in [0, 0.05) is 17.2 Å². The van der Waals surface area contributed by atoms with Crippen LogP contribution in [0.1, 0.15) is 39.7 Å². The van der Waals surface area contributed by atoms with E-state index < -0.39 is 0 Å². The van der Waals surface area contributed by atoms with E-state index >= 15 is 0 Å². The molecule has 0 atom stereocenters. The Kier molecular flexibility index (Phi) is 4.21. The summed E-state index contributed by atoms with van der Waals surface area (Å²) in [7, 11) is 1.72. The van der Waals surface area contributed by atoms with Crippen LogP contribution in [0.25, 0.3) is 5.57 Å². The van der Waals surface area contributed by atoms with Gasteiger partial charge in [-0.25, -0.2) is 0 Å².